The minimum absolute atomic E-state index is 0.0102. The number of amides is 2. The summed E-state index contributed by atoms with van der Waals surface area (Å²) < 4.78 is 5.26. The van der Waals surface area contributed by atoms with E-state index in [0.717, 1.165) is 0 Å². The fraction of sp³-hybridized carbons (Fsp3) is 0.429. The van der Waals surface area contributed by atoms with Gasteiger partial charge in [0.2, 0.25) is 5.91 Å². The first-order valence-electron chi connectivity index (χ1n) is 6.65. The molecule has 1 aliphatic heterocycles. The lowest BCUT2D eigenvalue weighted by molar-refractivity contribution is -0.121. The van der Waals surface area contributed by atoms with Gasteiger partial charge in [0.15, 0.2) is 6.61 Å². The number of hydrogen-bond donors (Lipinski definition) is 3. The van der Waals surface area contributed by atoms with Crippen LogP contribution in [0.3, 0.4) is 0 Å². The Morgan fingerprint density at radius 1 is 1.45 bits per heavy atom. The van der Waals surface area contributed by atoms with E-state index in [1.165, 1.54) is 0 Å². The monoisotopic (exact) mass is 277 g/mol. The van der Waals surface area contributed by atoms with Gasteiger partial charge >= 0.3 is 0 Å². The summed E-state index contributed by atoms with van der Waals surface area (Å²) in [5.74, 6) is 0.148. The highest BCUT2D eigenvalue weighted by molar-refractivity contribution is 6.00. The van der Waals surface area contributed by atoms with Crippen molar-refractivity contribution in [2.75, 3.05) is 17.2 Å². The summed E-state index contributed by atoms with van der Waals surface area (Å²) in [5.41, 5.74) is 6.29. The molecule has 2 rings (SSSR count). The summed E-state index contributed by atoms with van der Waals surface area (Å²) in [6, 6.07) is 5.09. The van der Waals surface area contributed by atoms with Gasteiger partial charge in [-0.1, -0.05) is 13.8 Å². The largest absolute Gasteiger partial charge is 0.482 e. The molecule has 1 aromatic carbocycles. The Morgan fingerprint density at radius 3 is 2.80 bits per heavy atom. The molecule has 0 unspecified atom stereocenters. The zero-order chi connectivity index (χ0) is 14.8. The van der Waals surface area contributed by atoms with E-state index in [4.69, 9.17) is 10.5 Å². The van der Waals surface area contributed by atoms with Gasteiger partial charge in [-0.3, -0.25) is 9.59 Å². The maximum atomic E-state index is 12.2. The van der Waals surface area contributed by atoms with Gasteiger partial charge in [0, 0.05) is 5.69 Å². The van der Waals surface area contributed by atoms with Crippen molar-refractivity contribution in [3.05, 3.63) is 18.2 Å². The molecule has 0 atom stereocenters. The average Bonchev–Trinajstić information content (AvgIpc) is 2.45. The van der Waals surface area contributed by atoms with E-state index in [1.54, 1.807) is 18.2 Å². The number of rotatable bonds is 4. The topological polar surface area (TPSA) is 93.5 Å². The predicted octanol–water partition coefficient (Wildman–Crippen LogP) is 1.47. The number of nitrogens with one attached hydrogen (secondary N) is 2. The van der Waals surface area contributed by atoms with Crippen LogP contribution in [0.2, 0.25) is 0 Å². The van der Waals surface area contributed by atoms with Gasteiger partial charge < -0.3 is 21.1 Å². The van der Waals surface area contributed by atoms with Gasteiger partial charge in [-0.2, -0.15) is 0 Å². The number of anilines is 2. The molecule has 6 heteroatoms. The Morgan fingerprint density at radius 2 is 2.15 bits per heavy atom. The van der Waals surface area contributed by atoms with Gasteiger partial charge in [0.05, 0.1) is 11.2 Å². The highest BCUT2D eigenvalue weighted by Crippen LogP contribution is 2.30. The van der Waals surface area contributed by atoms with Gasteiger partial charge in [0.25, 0.3) is 5.91 Å². The van der Waals surface area contributed by atoms with E-state index in [2.05, 4.69) is 10.6 Å². The Bertz CT molecular complexity index is 538. The van der Waals surface area contributed by atoms with Crippen molar-refractivity contribution in [3.8, 4) is 5.75 Å². The summed E-state index contributed by atoms with van der Waals surface area (Å²) in [5, 5.41) is 5.47. The van der Waals surface area contributed by atoms with Crippen molar-refractivity contribution in [2.45, 2.75) is 32.2 Å². The molecule has 1 aromatic rings. The van der Waals surface area contributed by atoms with Crippen LogP contribution in [0.4, 0.5) is 11.4 Å². The first-order chi connectivity index (χ1) is 9.48. The molecule has 0 bridgehead atoms. The Kier molecular flexibility index (Phi) is 3.94. The number of nitrogens with two attached hydrogens (primary N) is 1. The Balaban J connectivity index is 2.17. The lowest BCUT2D eigenvalue weighted by Gasteiger charge is -2.25. The zero-order valence-electron chi connectivity index (χ0n) is 11.7. The average molecular weight is 277 g/mol. The van der Waals surface area contributed by atoms with Crippen LogP contribution in [0, 0.1) is 0 Å². The first-order valence-corrected chi connectivity index (χ1v) is 6.65. The molecule has 1 aliphatic rings. The second-order valence-electron chi connectivity index (χ2n) is 4.87. The quantitative estimate of drug-likeness (QED) is 0.777. The third-order valence-corrected chi connectivity index (χ3v) is 3.58. The molecule has 0 saturated heterocycles. The lowest BCUT2D eigenvalue weighted by atomic mass is 9.93. The molecule has 0 fully saturated rings. The highest BCUT2D eigenvalue weighted by Gasteiger charge is 2.30. The number of carbonyl (C=O) groups is 2. The number of fused-ring (bicyclic) bond motifs is 1. The molecular formula is C14H19N3O3. The van der Waals surface area contributed by atoms with Gasteiger partial charge in [-0.25, -0.2) is 0 Å². The summed E-state index contributed by atoms with van der Waals surface area (Å²) in [4.78, 5) is 23.4. The number of ether oxygens (including phenoxy) is 1. The van der Waals surface area contributed by atoms with Crippen molar-refractivity contribution < 1.29 is 14.3 Å². The SMILES string of the molecule is CCC(N)(CC)C(=O)Nc1ccc2c(c1)NC(=O)CO2. The molecule has 1 heterocycles. The standard InChI is InChI=1S/C14H19N3O3/c1-3-14(15,4-2)13(19)16-9-5-6-11-10(7-9)17-12(18)8-20-11/h5-7H,3-4,8,15H2,1-2H3,(H,16,19)(H,17,18). The third-order valence-electron chi connectivity index (χ3n) is 3.58. The van der Waals surface area contributed by atoms with Crippen LogP contribution in [0.15, 0.2) is 18.2 Å². The number of hydrogen-bond acceptors (Lipinski definition) is 4. The molecular weight excluding hydrogens is 258 g/mol. The van der Waals surface area contributed by atoms with Crippen molar-refractivity contribution in [1.29, 1.82) is 0 Å². The third kappa shape index (κ3) is 2.75. The molecule has 6 nitrogen and oxygen atoms in total. The van der Waals surface area contributed by atoms with E-state index >= 15 is 0 Å². The fourth-order valence-electron chi connectivity index (χ4n) is 1.99. The van der Waals surface area contributed by atoms with E-state index in [0.29, 0.717) is 30.0 Å². The summed E-state index contributed by atoms with van der Waals surface area (Å²) >= 11 is 0. The molecule has 0 aliphatic carbocycles. The fourth-order valence-corrected chi connectivity index (χ4v) is 1.99. The van der Waals surface area contributed by atoms with Crippen LogP contribution >= 0.6 is 0 Å². The Labute approximate surface area is 117 Å². The van der Waals surface area contributed by atoms with Crippen LogP contribution in [0.25, 0.3) is 0 Å². The number of carbonyl (C=O) groups excluding carboxylic acids is 2. The number of benzene rings is 1. The van der Waals surface area contributed by atoms with Crippen molar-refractivity contribution in [2.24, 2.45) is 5.73 Å². The summed E-state index contributed by atoms with van der Waals surface area (Å²) in [6.07, 6.45) is 1.11. The van der Waals surface area contributed by atoms with Gasteiger partial charge in [0.1, 0.15) is 5.75 Å². The molecule has 108 valence electrons. The molecule has 0 saturated carbocycles. The normalized spacial score (nSPS) is 14.1. The van der Waals surface area contributed by atoms with Crippen molar-refractivity contribution >= 4 is 23.2 Å². The summed E-state index contributed by atoms with van der Waals surface area (Å²) in [7, 11) is 0. The molecule has 2 amide bonds. The van der Waals surface area contributed by atoms with E-state index < -0.39 is 5.54 Å². The summed E-state index contributed by atoms with van der Waals surface area (Å²) in [6.45, 7) is 3.77. The Hall–Kier alpha value is -2.08. The van der Waals surface area contributed by atoms with E-state index in [-0.39, 0.29) is 18.4 Å². The molecule has 0 aromatic heterocycles. The minimum Gasteiger partial charge on any atom is -0.482 e. The van der Waals surface area contributed by atoms with Crippen molar-refractivity contribution in [1.82, 2.24) is 0 Å². The molecule has 20 heavy (non-hydrogen) atoms. The smallest absolute Gasteiger partial charge is 0.262 e. The molecule has 0 spiro atoms. The van der Waals surface area contributed by atoms with Gasteiger partial charge in [-0.05, 0) is 31.0 Å². The van der Waals surface area contributed by atoms with Crippen LogP contribution in [-0.2, 0) is 9.59 Å². The minimum atomic E-state index is -0.879. The van der Waals surface area contributed by atoms with Crippen LogP contribution in [0.1, 0.15) is 26.7 Å². The first kappa shape index (κ1) is 14.3. The van der Waals surface area contributed by atoms with Crippen LogP contribution in [0.5, 0.6) is 5.75 Å². The second-order valence-corrected chi connectivity index (χ2v) is 4.87. The molecule has 0 radical (unpaired) electrons. The van der Waals surface area contributed by atoms with Gasteiger partial charge in [-0.15, -0.1) is 0 Å². The lowest BCUT2D eigenvalue weighted by Crippen LogP contribution is -2.50. The maximum Gasteiger partial charge on any atom is 0.262 e. The highest BCUT2D eigenvalue weighted by atomic mass is 16.5. The second kappa shape index (κ2) is 5.50. The zero-order valence-corrected chi connectivity index (χ0v) is 11.7. The molecule has 4 N–H and O–H groups in total. The van der Waals surface area contributed by atoms with Crippen LogP contribution < -0.4 is 21.1 Å². The van der Waals surface area contributed by atoms with Crippen molar-refractivity contribution in [3.63, 3.8) is 0 Å². The van der Waals surface area contributed by atoms with E-state index in [9.17, 15) is 9.59 Å². The van der Waals surface area contributed by atoms with E-state index in [1.807, 2.05) is 13.8 Å². The predicted molar refractivity (Wildman–Crippen MR) is 76.7 cm³/mol. The van der Waals surface area contributed by atoms with Crippen LogP contribution in [-0.4, -0.2) is 24.0 Å². The maximum absolute atomic E-state index is 12.2.